The third-order valence-corrected chi connectivity index (χ3v) is 3.80. The average molecular weight is 266 g/mol. The van der Waals surface area contributed by atoms with Crippen LogP contribution in [0.5, 0.6) is 0 Å². The summed E-state index contributed by atoms with van der Waals surface area (Å²) in [6.07, 6.45) is 1.09. The van der Waals surface area contributed by atoms with E-state index in [-0.39, 0.29) is 5.97 Å². The van der Waals surface area contributed by atoms with E-state index in [1.165, 1.54) is 24.4 Å². The van der Waals surface area contributed by atoms with Crippen LogP contribution in [0.25, 0.3) is 0 Å². The van der Waals surface area contributed by atoms with E-state index < -0.39 is 4.75 Å². The summed E-state index contributed by atoms with van der Waals surface area (Å²) in [4.78, 5) is 12.7. The van der Waals surface area contributed by atoms with Gasteiger partial charge in [-0.2, -0.15) is 0 Å². The highest BCUT2D eigenvalue weighted by atomic mass is 32.2. The van der Waals surface area contributed by atoms with Gasteiger partial charge in [0.15, 0.2) is 0 Å². The molecule has 0 atom stereocenters. The van der Waals surface area contributed by atoms with Gasteiger partial charge in [0.25, 0.3) is 0 Å². The van der Waals surface area contributed by atoms with Gasteiger partial charge in [-0.1, -0.05) is 26.0 Å². The minimum Gasteiger partial charge on any atom is -0.468 e. The van der Waals surface area contributed by atoms with Crippen molar-refractivity contribution in [2.24, 2.45) is 5.92 Å². The number of hydrogen-bond donors (Lipinski definition) is 0. The van der Waals surface area contributed by atoms with Crippen LogP contribution in [0.1, 0.15) is 33.3 Å². The topological polar surface area (TPSA) is 26.3 Å². The van der Waals surface area contributed by atoms with Crippen LogP contribution in [0.15, 0.2) is 29.2 Å². The molecule has 0 aromatic heterocycles. The fourth-order valence-electron chi connectivity index (χ4n) is 1.75. The number of carbonyl (C=O) groups excluding carboxylic acids is 1. The first-order valence-corrected chi connectivity index (χ1v) is 7.03. The van der Waals surface area contributed by atoms with Crippen LogP contribution in [0.2, 0.25) is 0 Å². The first-order chi connectivity index (χ1) is 8.35. The summed E-state index contributed by atoms with van der Waals surface area (Å²) < 4.78 is 4.26. The van der Waals surface area contributed by atoms with Crippen molar-refractivity contribution in [1.29, 1.82) is 0 Å². The summed E-state index contributed by atoms with van der Waals surface area (Å²) in [5.41, 5.74) is 1.34. The second-order valence-electron chi connectivity index (χ2n) is 5.35. The van der Waals surface area contributed by atoms with Crippen molar-refractivity contribution in [2.45, 2.75) is 43.8 Å². The van der Waals surface area contributed by atoms with Gasteiger partial charge in [-0.05, 0) is 43.9 Å². The molecule has 0 aliphatic carbocycles. The van der Waals surface area contributed by atoms with E-state index in [0.717, 1.165) is 11.3 Å². The highest BCUT2D eigenvalue weighted by molar-refractivity contribution is 8.01. The molecule has 18 heavy (non-hydrogen) atoms. The maximum Gasteiger partial charge on any atom is 0.321 e. The van der Waals surface area contributed by atoms with Crippen LogP contribution in [0.3, 0.4) is 0 Å². The lowest BCUT2D eigenvalue weighted by atomic mass is 10.0. The minimum absolute atomic E-state index is 0.196. The number of hydrogen-bond acceptors (Lipinski definition) is 3. The summed E-state index contributed by atoms with van der Waals surface area (Å²) in [5.74, 6) is 0.466. The van der Waals surface area contributed by atoms with Gasteiger partial charge in [0.2, 0.25) is 0 Å². The first-order valence-electron chi connectivity index (χ1n) is 6.21. The predicted molar refractivity (Wildman–Crippen MR) is 76.9 cm³/mol. The summed E-state index contributed by atoms with van der Waals surface area (Å²) in [6, 6.07) is 8.42. The van der Waals surface area contributed by atoms with E-state index in [2.05, 4.69) is 38.1 Å². The largest absolute Gasteiger partial charge is 0.468 e. The van der Waals surface area contributed by atoms with Crippen molar-refractivity contribution in [1.82, 2.24) is 0 Å². The zero-order valence-electron chi connectivity index (χ0n) is 11.8. The van der Waals surface area contributed by atoms with Crippen molar-refractivity contribution in [3.8, 4) is 0 Å². The molecule has 0 fully saturated rings. The molecular formula is C15H22O2S. The Labute approximate surface area is 114 Å². The van der Waals surface area contributed by atoms with Gasteiger partial charge >= 0.3 is 5.97 Å². The number of carbonyl (C=O) groups is 1. The Morgan fingerprint density at radius 2 is 1.83 bits per heavy atom. The summed E-state index contributed by atoms with van der Waals surface area (Å²) in [6.45, 7) is 8.18. The van der Waals surface area contributed by atoms with Crippen LogP contribution >= 0.6 is 11.8 Å². The van der Waals surface area contributed by atoms with Gasteiger partial charge in [0.1, 0.15) is 4.75 Å². The maximum atomic E-state index is 11.6. The zero-order chi connectivity index (χ0) is 13.8. The molecule has 0 bridgehead atoms. The van der Waals surface area contributed by atoms with E-state index in [4.69, 9.17) is 4.74 Å². The van der Waals surface area contributed by atoms with Crippen molar-refractivity contribution in [3.05, 3.63) is 29.8 Å². The number of methoxy groups -OCH3 is 1. The van der Waals surface area contributed by atoms with Crippen LogP contribution in [-0.2, 0) is 16.0 Å². The molecule has 0 unspecified atom stereocenters. The Bertz CT molecular complexity index is 393. The number of ether oxygens (including phenoxy) is 1. The molecule has 0 aliphatic rings. The Balaban J connectivity index is 2.72. The fourth-order valence-corrected chi connectivity index (χ4v) is 2.78. The highest BCUT2D eigenvalue weighted by Crippen LogP contribution is 2.33. The first kappa shape index (κ1) is 15.1. The molecule has 0 saturated carbocycles. The van der Waals surface area contributed by atoms with E-state index in [1.54, 1.807) is 0 Å². The average Bonchev–Trinajstić information content (AvgIpc) is 2.29. The molecule has 1 rings (SSSR count). The van der Waals surface area contributed by atoms with Gasteiger partial charge in [0.05, 0.1) is 7.11 Å². The maximum absolute atomic E-state index is 11.6. The molecule has 0 saturated heterocycles. The lowest BCUT2D eigenvalue weighted by Gasteiger charge is -2.20. The number of rotatable bonds is 5. The van der Waals surface area contributed by atoms with Crippen LogP contribution in [0.4, 0.5) is 0 Å². The van der Waals surface area contributed by atoms with Crippen LogP contribution < -0.4 is 0 Å². The quantitative estimate of drug-likeness (QED) is 0.596. The molecule has 0 spiro atoms. The van der Waals surface area contributed by atoms with Crippen molar-refractivity contribution in [3.63, 3.8) is 0 Å². The van der Waals surface area contributed by atoms with Gasteiger partial charge in [-0.25, -0.2) is 0 Å². The molecule has 1 aromatic rings. The monoisotopic (exact) mass is 266 g/mol. The van der Waals surface area contributed by atoms with Crippen molar-refractivity contribution < 1.29 is 9.53 Å². The van der Waals surface area contributed by atoms with E-state index in [0.29, 0.717) is 5.92 Å². The summed E-state index contributed by atoms with van der Waals surface area (Å²) in [5, 5.41) is 0. The predicted octanol–water partition coefficient (Wildman–Crippen LogP) is 3.93. The lowest BCUT2D eigenvalue weighted by molar-refractivity contribution is -0.142. The SMILES string of the molecule is COC(=O)C(C)(C)Sc1ccc(CC(C)C)cc1. The molecule has 0 N–H and O–H groups in total. The van der Waals surface area contributed by atoms with Crippen LogP contribution in [0, 0.1) is 5.92 Å². The number of thioether (sulfide) groups is 1. The molecule has 100 valence electrons. The third-order valence-electron chi connectivity index (χ3n) is 2.62. The molecule has 0 amide bonds. The fraction of sp³-hybridized carbons (Fsp3) is 0.533. The molecule has 1 aromatic carbocycles. The van der Waals surface area contributed by atoms with E-state index in [9.17, 15) is 4.79 Å². The van der Waals surface area contributed by atoms with Gasteiger partial charge in [0, 0.05) is 4.90 Å². The Kier molecular flexibility index (Phi) is 5.27. The van der Waals surface area contributed by atoms with E-state index in [1.807, 2.05) is 13.8 Å². The normalized spacial score (nSPS) is 11.7. The lowest BCUT2D eigenvalue weighted by Crippen LogP contribution is -2.28. The standard InChI is InChI=1S/C15H22O2S/c1-11(2)10-12-6-8-13(9-7-12)18-15(3,4)14(16)17-5/h6-9,11H,10H2,1-5H3. The molecule has 3 heteroatoms. The van der Waals surface area contributed by atoms with Gasteiger partial charge < -0.3 is 4.74 Å². The second-order valence-corrected chi connectivity index (χ2v) is 7.04. The smallest absolute Gasteiger partial charge is 0.321 e. The van der Waals surface area contributed by atoms with Gasteiger partial charge in [-0.15, -0.1) is 11.8 Å². The highest BCUT2D eigenvalue weighted by Gasteiger charge is 2.29. The van der Waals surface area contributed by atoms with Gasteiger partial charge in [-0.3, -0.25) is 4.79 Å². The Hall–Kier alpha value is -0.960. The molecule has 0 heterocycles. The molecule has 2 nitrogen and oxygen atoms in total. The van der Waals surface area contributed by atoms with E-state index >= 15 is 0 Å². The van der Waals surface area contributed by atoms with Crippen molar-refractivity contribution >= 4 is 17.7 Å². The zero-order valence-corrected chi connectivity index (χ0v) is 12.6. The minimum atomic E-state index is -0.547. The molecule has 0 radical (unpaired) electrons. The second kappa shape index (κ2) is 6.28. The Morgan fingerprint density at radius 3 is 2.28 bits per heavy atom. The number of benzene rings is 1. The Morgan fingerprint density at radius 1 is 1.28 bits per heavy atom. The molecular weight excluding hydrogens is 244 g/mol. The molecule has 0 aliphatic heterocycles. The van der Waals surface area contributed by atoms with Crippen LogP contribution in [-0.4, -0.2) is 17.8 Å². The summed E-state index contributed by atoms with van der Waals surface area (Å²) in [7, 11) is 1.43. The van der Waals surface area contributed by atoms with Crippen molar-refractivity contribution in [2.75, 3.05) is 7.11 Å². The third kappa shape index (κ3) is 4.37. The number of esters is 1. The summed E-state index contributed by atoms with van der Waals surface area (Å²) >= 11 is 1.53.